The summed E-state index contributed by atoms with van der Waals surface area (Å²) in [6.07, 6.45) is 3.21. The van der Waals surface area contributed by atoms with Crippen LogP contribution >= 0.6 is 0 Å². The molecule has 0 saturated heterocycles. The third-order valence-corrected chi connectivity index (χ3v) is 6.39. The molecule has 0 aliphatic carbocycles. The monoisotopic (exact) mass is 462 g/mol. The van der Waals surface area contributed by atoms with Crippen LogP contribution in [0.1, 0.15) is 35.1 Å². The molecule has 1 aliphatic heterocycles. The van der Waals surface area contributed by atoms with E-state index in [0.29, 0.717) is 17.8 Å². The molecule has 178 valence electrons. The first-order valence-electron chi connectivity index (χ1n) is 11.8. The standard InChI is InChI=1S/C28H31FN2O3/c1-34-24-7-2-5-20(17-24)14-16-31-15-4-8-25-22(6-3-9-27(25)31)19-30-23-12-10-21(26(29)18-23)11-13-28(32)33/h2-3,5-7,9-10,12,17-18,30H,4,8,11,13-16,19H2,1H3,(H,32,33). The molecule has 3 aromatic rings. The highest BCUT2D eigenvalue weighted by molar-refractivity contribution is 5.67. The lowest BCUT2D eigenvalue weighted by Gasteiger charge is -2.33. The molecule has 0 saturated carbocycles. The van der Waals surface area contributed by atoms with Crippen LogP contribution in [0.2, 0.25) is 0 Å². The van der Waals surface area contributed by atoms with Crippen molar-refractivity contribution in [3.63, 3.8) is 0 Å². The summed E-state index contributed by atoms with van der Waals surface area (Å²) in [7, 11) is 1.69. The smallest absolute Gasteiger partial charge is 0.303 e. The second-order valence-electron chi connectivity index (χ2n) is 8.66. The first kappa shape index (κ1) is 23.6. The fourth-order valence-electron chi connectivity index (χ4n) is 4.56. The molecule has 6 heteroatoms. The van der Waals surface area contributed by atoms with Crippen molar-refractivity contribution in [2.24, 2.45) is 0 Å². The maximum Gasteiger partial charge on any atom is 0.303 e. The number of carbonyl (C=O) groups is 1. The number of nitrogens with zero attached hydrogens (tertiary/aromatic N) is 1. The van der Waals surface area contributed by atoms with Crippen molar-refractivity contribution in [2.45, 2.75) is 38.6 Å². The summed E-state index contributed by atoms with van der Waals surface area (Å²) in [6, 6.07) is 19.6. The average molecular weight is 463 g/mol. The molecule has 0 amide bonds. The van der Waals surface area contributed by atoms with Crippen LogP contribution < -0.4 is 15.0 Å². The molecule has 0 aromatic heterocycles. The third-order valence-electron chi connectivity index (χ3n) is 6.39. The van der Waals surface area contributed by atoms with E-state index < -0.39 is 5.97 Å². The number of aryl methyl sites for hydroxylation is 1. The number of benzene rings is 3. The van der Waals surface area contributed by atoms with Gasteiger partial charge in [-0.3, -0.25) is 4.79 Å². The lowest BCUT2D eigenvalue weighted by molar-refractivity contribution is -0.136. The van der Waals surface area contributed by atoms with Gasteiger partial charge in [0.15, 0.2) is 0 Å². The molecule has 34 heavy (non-hydrogen) atoms. The Labute approximate surface area is 200 Å². The summed E-state index contributed by atoms with van der Waals surface area (Å²) in [5.74, 6) is -0.408. The summed E-state index contributed by atoms with van der Waals surface area (Å²) >= 11 is 0. The fraction of sp³-hybridized carbons (Fsp3) is 0.321. The van der Waals surface area contributed by atoms with Gasteiger partial charge in [-0.05, 0) is 78.3 Å². The molecule has 2 N–H and O–H groups in total. The van der Waals surface area contributed by atoms with Crippen LogP contribution in [0.5, 0.6) is 5.75 Å². The van der Waals surface area contributed by atoms with E-state index in [9.17, 15) is 9.18 Å². The van der Waals surface area contributed by atoms with Crippen LogP contribution in [-0.4, -0.2) is 31.3 Å². The van der Waals surface area contributed by atoms with Gasteiger partial charge >= 0.3 is 5.97 Å². The number of anilines is 2. The topological polar surface area (TPSA) is 61.8 Å². The van der Waals surface area contributed by atoms with Gasteiger partial charge in [0, 0.05) is 37.4 Å². The van der Waals surface area contributed by atoms with E-state index in [1.807, 2.05) is 18.2 Å². The fourth-order valence-corrected chi connectivity index (χ4v) is 4.56. The predicted molar refractivity (Wildman–Crippen MR) is 133 cm³/mol. The highest BCUT2D eigenvalue weighted by Gasteiger charge is 2.19. The number of aliphatic carboxylic acids is 1. The quantitative estimate of drug-likeness (QED) is 0.419. The molecule has 0 atom stereocenters. The van der Waals surface area contributed by atoms with Crippen LogP contribution in [0, 0.1) is 5.82 Å². The SMILES string of the molecule is COc1cccc(CCN2CCCc3c(CNc4ccc(CCC(=O)O)c(F)c4)cccc32)c1. The van der Waals surface area contributed by atoms with Crippen molar-refractivity contribution in [3.8, 4) is 5.75 Å². The minimum absolute atomic E-state index is 0.0752. The van der Waals surface area contributed by atoms with E-state index in [-0.39, 0.29) is 18.7 Å². The van der Waals surface area contributed by atoms with E-state index in [0.717, 1.165) is 38.1 Å². The molecule has 1 aliphatic rings. The largest absolute Gasteiger partial charge is 0.497 e. The highest BCUT2D eigenvalue weighted by Crippen LogP contribution is 2.31. The molecule has 3 aromatic carbocycles. The second-order valence-corrected chi connectivity index (χ2v) is 8.66. The Morgan fingerprint density at radius 3 is 2.74 bits per heavy atom. The molecule has 4 rings (SSSR count). The van der Waals surface area contributed by atoms with Crippen LogP contribution in [0.4, 0.5) is 15.8 Å². The molecule has 0 radical (unpaired) electrons. The predicted octanol–water partition coefficient (Wildman–Crippen LogP) is 5.46. The molecule has 1 heterocycles. The first-order chi connectivity index (χ1) is 16.5. The molecule has 0 unspecified atom stereocenters. The summed E-state index contributed by atoms with van der Waals surface area (Å²) in [5, 5.41) is 12.2. The number of methoxy groups -OCH3 is 1. The number of ether oxygens (including phenoxy) is 1. The minimum atomic E-state index is -0.923. The van der Waals surface area contributed by atoms with Gasteiger partial charge in [0.05, 0.1) is 7.11 Å². The number of nitrogens with one attached hydrogen (secondary N) is 1. The van der Waals surface area contributed by atoms with Gasteiger partial charge in [0.25, 0.3) is 0 Å². The van der Waals surface area contributed by atoms with E-state index >= 15 is 0 Å². The van der Waals surface area contributed by atoms with Crippen molar-refractivity contribution < 1.29 is 19.0 Å². The Morgan fingerprint density at radius 1 is 1.09 bits per heavy atom. The minimum Gasteiger partial charge on any atom is -0.497 e. The van der Waals surface area contributed by atoms with Crippen molar-refractivity contribution in [2.75, 3.05) is 30.4 Å². The number of rotatable bonds is 10. The van der Waals surface area contributed by atoms with E-state index in [1.165, 1.54) is 28.4 Å². The van der Waals surface area contributed by atoms with Gasteiger partial charge in [-0.25, -0.2) is 4.39 Å². The van der Waals surface area contributed by atoms with E-state index in [4.69, 9.17) is 9.84 Å². The highest BCUT2D eigenvalue weighted by atomic mass is 19.1. The summed E-state index contributed by atoms with van der Waals surface area (Å²) in [5.41, 5.74) is 6.24. The second kappa shape index (κ2) is 11.1. The van der Waals surface area contributed by atoms with Gasteiger partial charge in [-0.15, -0.1) is 0 Å². The van der Waals surface area contributed by atoms with Crippen LogP contribution in [0.3, 0.4) is 0 Å². The summed E-state index contributed by atoms with van der Waals surface area (Å²) in [6.45, 7) is 2.59. The van der Waals surface area contributed by atoms with Gasteiger partial charge in [-0.2, -0.15) is 0 Å². The zero-order valence-electron chi connectivity index (χ0n) is 19.5. The Bertz CT molecular complexity index is 1150. The molecular formula is C28H31FN2O3. The molecule has 0 spiro atoms. The number of hydrogen-bond donors (Lipinski definition) is 2. The Hall–Kier alpha value is -3.54. The Kier molecular flexibility index (Phi) is 7.68. The van der Waals surface area contributed by atoms with E-state index in [1.54, 1.807) is 13.2 Å². The number of halogens is 1. The van der Waals surface area contributed by atoms with Crippen molar-refractivity contribution in [1.29, 1.82) is 0 Å². The van der Waals surface area contributed by atoms with Crippen LogP contribution in [0.15, 0.2) is 60.7 Å². The van der Waals surface area contributed by atoms with Crippen molar-refractivity contribution in [1.82, 2.24) is 0 Å². The maximum atomic E-state index is 14.4. The molecule has 0 fully saturated rings. The van der Waals surface area contributed by atoms with Crippen molar-refractivity contribution >= 4 is 17.3 Å². The lowest BCUT2D eigenvalue weighted by atomic mass is 9.95. The molecular weight excluding hydrogens is 431 g/mol. The van der Waals surface area contributed by atoms with Crippen molar-refractivity contribution in [3.05, 3.63) is 88.7 Å². The van der Waals surface area contributed by atoms with Gasteiger partial charge in [-0.1, -0.05) is 30.3 Å². The number of hydrogen-bond acceptors (Lipinski definition) is 4. The first-order valence-corrected chi connectivity index (χ1v) is 11.8. The average Bonchev–Trinajstić information content (AvgIpc) is 2.85. The maximum absolute atomic E-state index is 14.4. The normalized spacial score (nSPS) is 12.8. The van der Waals surface area contributed by atoms with Gasteiger partial charge in [0.2, 0.25) is 0 Å². The third kappa shape index (κ3) is 5.87. The van der Waals surface area contributed by atoms with Crippen LogP contribution in [0.25, 0.3) is 0 Å². The number of carboxylic acids is 1. The molecule has 0 bridgehead atoms. The molecule has 5 nitrogen and oxygen atoms in total. The lowest BCUT2D eigenvalue weighted by Crippen LogP contribution is -2.32. The summed E-state index contributed by atoms with van der Waals surface area (Å²) < 4.78 is 19.7. The van der Waals surface area contributed by atoms with Gasteiger partial charge in [0.1, 0.15) is 11.6 Å². The van der Waals surface area contributed by atoms with E-state index in [2.05, 4.69) is 40.5 Å². The Balaban J connectivity index is 1.42. The Morgan fingerprint density at radius 2 is 1.94 bits per heavy atom. The summed E-state index contributed by atoms with van der Waals surface area (Å²) in [4.78, 5) is 13.2. The zero-order chi connectivity index (χ0) is 23.9. The zero-order valence-corrected chi connectivity index (χ0v) is 19.5. The van der Waals surface area contributed by atoms with Crippen LogP contribution in [-0.2, 0) is 30.6 Å². The number of fused-ring (bicyclic) bond motifs is 1. The number of carboxylic acid groups (broad SMARTS) is 1. The van der Waals surface area contributed by atoms with Gasteiger partial charge < -0.3 is 20.1 Å².